The van der Waals surface area contributed by atoms with Crippen molar-refractivity contribution in [3.05, 3.63) is 41.3 Å². The van der Waals surface area contributed by atoms with Gasteiger partial charge in [0.2, 0.25) is 5.91 Å². The van der Waals surface area contributed by atoms with E-state index in [1.165, 1.54) is 11.3 Å². The van der Waals surface area contributed by atoms with Gasteiger partial charge < -0.3 is 15.4 Å². The molecule has 1 fully saturated rings. The summed E-state index contributed by atoms with van der Waals surface area (Å²) in [7, 11) is 0. The molecule has 1 aromatic heterocycles. The molecule has 126 valence electrons. The molecular weight excluding hydrogens is 324 g/mol. The van der Waals surface area contributed by atoms with E-state index in [2.05, 4.69) is 10.6 Å². The quantitative estimate of drug-likeness (QED) is 0.876. The van der Waals surface area contributed by atoms with E-state index < -0.39 is 0 Å². The van der Waals surface area contributed by atoms with Crippen molar-refractivity contribution in [1.29, 1.82) is 0 Å². The number of benzene rings is 1. The highest BCUT2D eigenvalue weighted by Gasteiger charge is 2.24. The molecule has 2 aromatic rings. The van der Waals surface area contributed by atoms with Crippen molar-refractivity contribution in [1.82, 2.24) is 10.6 Å². The predicted molar refractivity (Wildman–Crippen MR) is 94.4 cm³/mol. The number of thiophene rings is 1. The molecule has 0 bridgehead atoms. The SMILES string of the molecule is CCOc1cc(-c2ccccc2)sc1C(=O)NC1CCC(=O)NC1. The highest BCUT2D eigenvalue weighted by molar-refractivity contribution is 7.17. The van der Waals surface area contributed by atoms with Gasteiger partial charge >= 0.3 is 0 Å². The Kier molecular flexibility index (Phi) is 5.15. The minimum absolute atomic E-state index is 0.0352. The number of ether oxygens (including phenoxy) is 1. The molecule has 0 spiro atoms. The van der Waals surface area contributed by atoms with Gasteiger partial charge in [0.05, 0.1) is 6.61 Å². The lowest BCUT2D eigenvalue weighted by molar-refractivity contribution is -0.122. The van der Waals surface area contributed by atoms with Gasteiger partial charge in [-0.25, -0.2) is 0 Å². The van der Waals surface area contributed by atoms with Crippen LogP contribution in [0.1, 0.15) is 29.4 Å². The molecule has 0 aliphatic carbocycles. The topological polar surface area (TPSA) is 67.4 Å². The maximum atomic E-state index is 12.6. The predicted octanol–water partition coefficient (Wildman–Crippen LogP) is 2.82. The van der Waals surface area contributed by atoms with Crippen molar-refractivity contribution in [2.75, 3.05) is 13.2 Å². The summed E-state index contributed by atoms with van der Waals surface area (Å²) in [6.45, 7) is 2.88. The Morgan fingerprint density at radius 3 is 2.83 bits per heavy atom. The highest BCUT2D eigenvalue weighted by atomic mass is 32.1. The maximum absolute atomic E-state index is 12.6. The first kappa shape index (κ1) is 16.5. The third-order valence-electron chi connectivity index (χ3n) is 3.86. The molecule has 1 aliphatic rings. The number of carbonyl (C=O) groups excluding carboxylic acids is 2. The molecule has 2 N–H and O–H groups in total. The van der Waals surface area contributed by atoms with Crippen LogP contribution in [0.4, 0.5) is 0 Å². The number of hydrogen-bond donors (Lipinski definition) is 2. The fourth-order valence-corrected chi connectivity index (χ4v) is 3.66. The molecule has 1 unspecified atom stereocenters. The zero-order chi connectivity index (χ0) is 16.9. The van der Waals surface area contributed by atoms with Gasteiger partial charge in [-0.1, -0.05) is 30.3 Å². The number of amides is 2. The van der Waals surface area contributed by atoms with Gasteiger partial charge in [-0.15, -0.1) is 11.3 Å². The van der Waals surface area contributed by atoms with E-state index in [1.807, 2.05) is 43.3 Å². The van der Waals surface area contributed by atoms with E-state index in [-0.39, 0.29) is 17.9 Å². The molecule has 24 heavy (non-hydrogen) atoms. The van der Waals surface area contributed by atoms with Gasteiger partial charge in [-0.3, -0.25) is 9.59 Å². The van der Waals surface area contributed by atoms with E-state index in [0.717, 1.165) is 10.4 Å². The first-order chi connectivity index (χ1) is 11.7. The molecule has 0 saturated carbocycles. The van der Waals surface area contributed by atoms with Crippen molar-refractivity contribution < 1.29 is 14.3 Å². The smallest absolute Gasteiger partial charge is 0.265 e. The first-order valence-electron chi connectivity index (χ1n) is 8.07. The maximum Gasteiger partial charge on any atom is 0.265 e. The van der Waals surface area contributed by atoms with Crippen LogP contribution in [0.2, 0.25) is 0 Å². The van der Waals surface area contributed by atoms with Crippen molar-refractivity contribution in [3.8, 4) is 16.2 Å². The second kappa shape index (κ2) is 7.49. The van der Waals surface area contributed by atoms with Gasteiger partial charge in [-0.05, 0) is 25.0 Å². The zero-order valence-corrected chi connectivity index (χ0v) is 14.3. The summed E-state index contributed by atoms with van der Waals surface area (Å²) in [6, 6.07) is 11.8. The van der Waals surface area contributed by atoms with Crippen LogP contribution >= 0.6 is 11.3 Å². The van der Waals surface area contributed by atoms with Crippen LogP contribution in [0.25, 0.3) is 10.4 Å². The molecule has 1 aromatic carbocycles. The van der Waals surface area contributed by atoms with Gasteiger partial charge in [0, 0.05) is 23.9 Å². The molecule has 1 atom stereocenters. The summed E-state index contributed by atoms with van der Waals surface area (Å²) in [5.41, 5.74) is 1.06. The second-order valence-electron chi connectivity index (χ2n) is 5.62. The normalized spacial score (nSPS) is 17.2. The minimum Gasteiger partial charge on any atom is -0.492 e. The van der Waals surface area contributed by atoms with Gasteiger partial charge in [0.15, 0.2) is 0 Å². The second-order valence-corrected chi connectivity index (χ2v) is 6.67. The minimum atomic E-state index is -0.146. The van der Waals surface area contributed by atoms with E-state index in [0.29, 0.717) is 36.6 Å². The van der Waals surface area contributed by atoms with Crippen LogP contribution in [0.5, 0.6) is 5.75 Å². The van der Waals surface area contributed by atoms with Gasteiger partial charge in [-0.2, -0.15) is 0 Å². The van der Waals surface area contributed by atoms with Gasteiger partial charge in [0.25, 0.3) is 5.91 Å². The lowest BCUT2D eigenvalue weighted by Crippen LogP contribution is -2.47. The summed E-state index contributed by atoms with van der Waals surface area (Å²) in [4.78, 5) is 25.4. The Morgan fingerprint density at radius 2 is 2.17 bits per heavy atom. The molecule has 0 radical (unpaired) electrons. The van der Waals surface area contributed by atoms with Crippen molar-refractivity contribution >= 4 is 23.2 Å². The lowest BCUT2D eigenvalue weighted by atomic mass is 10.1. The third kappa shape index (κ3) is 3.76. The van der Waals surface area contributed by atoms with E-state index >= 15 is 0 Å². The molecule has 2 amide bonds. The summed E-state index contributed by atoms with van der Waals surface area (Å²) in [6.07, 6.45) is 1.11. The monoisotopic (exact) mass is 344 g/mol. The Balaban J connectivity index is 1.79. The Bertz CT molecular complexity index is 717. The van der Waals surface area contributed by atoms with Crippen LogP contribution in [0.15, 0.2) is 36.4 Å². The molecular formula is C18H20N2O3S. The summed E-state index contributed by atoms with van der Waals surface area (Å²) < 4.78 is 5.65. The van der Waals surface area contributed by atoms with Crippen molar-refractivity contribution in [3.63, 3.8) is 0 Å². The van der Waals surface area contributed by atoms with Crippen LogP contribution in [-0.4, -0.2) is 31.0 Å². The number of nitrogens with one attached hydrogen (secondary N) is 2. The number of carbonyl (C=O) groups is 2. The van der Waals surface area contributed by atoms with E-state index in [9.17, 15) is 9.59 Å². The molecule has 6 heteroatoms. The van der Waals surface area contributed by atoms with Gasteiger partial charge in [0.1, 0.15) is 10.6 Å². The highest BCUT2D eigenvalue weighted by Crippen LogP contribution is 2.36. The van der Waals surface area contributed by atoms with E-state index in [1.54, 1.807) is 0 Å². The number of piperidine rings is 1. The largest absolute Gasteiger partial charge is 0.492 e. The average Bonchev–Trinajstić information content (AvgIpc) is 3.02. The summed E-state index contributed by atoms with van der Waals surface area (Å²) in [5, 5.41) is 5.77. The number of hydrogen-bond acceptors (Lipinski definition) is 4. The summed E-state index contributed by atoms with van der Waals surface area (Å²) in [5.74, 6) is 0.503. The zero-order valence-electron chi connectivity index (χ0n) is 13.5. The fraction of sp³-hybridized carbons (Fsp3) is 0.333. The Morgan fingerprint density at radius 1 is 1.38 bits per heavy atom. The van der Waals surface area contributed by atoms with E-state index in [4.69, 9.17) is 4.74 Å². The Labute approximate surface area is 145 Å². The average molecular weight is 344 g/mol. The molecule has 2 heterocycles. The van der Waals surface area contributed by atoms with Crippen molar-refractivity contribution in [2.24, 2.45) is 0 Å². The number of rotatable bonds is 5. The third-order valence-corrected chi connectivity index (χ3v) is 5.03. The lowest BCUT2D eigenvalue weighted by Gasteiger charge is -2.23. The first-order valence-corrected chi connectivity index (χ1v) is 8.88. The fourth-order valence-electron chi connectivity index (χ4n) is 2.65. The van der Waals surface area contributed by atoms with Crippen LogP contribution in [0.3, 0.4) is 0 Å². The molecule has 5 nitrogen and oxygen atoms in total. The molecule has 1 saturated heterocycles. The molecule has 1 aliphatic heterocycles. The van der Waals surface area contributed by atoms with Crippen molar-refractivity contribution in [2.45, 2.75) is 25.8 Å². The van der Waals surface area contributed by atoms with Crippen LogP contribution in [0, 0.1) is 0 Å². The van der Waals surface area contributed by atoms with Crippen LogP contribution in [-0.2, 0) is 4.79 Å². The summed E-state index contributed by atoms with van der Waals surface area (Å²) >= 11 is 1.43. The van der Waals surface area contributed by atoms with Crippen LogP contribution < -0.4 is 15.4 Å². The Hall–Kier alpha value is -2.34. The molecule has 3 rings (SSSR count). The standard InChI is InChI=1S/C18H20N2O3S/c1-2-23-14-10-15(12-6-4-3-5-7-12)24-17(14)18(22)20-13-8-9-16(21)19-11-13/h3-7,10,13H,2,8-9,11H2,1H3,(H,19,21)(H,20,22).